The first-order chi connectivity index (χ1) is 9.95. The van der Waals surface area contributed by atoms with Crippen molar-refractivity contribution in [2.75, 3.05) is 0 Å². The Bertz CT molecular complexity index is 868. The van der Waals surface area contributed by atoms with Crippen molar-refractivity contribution in [2.24, 2.45) is 0 Å². The van der Waals surface area contributed by atoms with E-state index in [-0.39, 0.29) is 11.4 Å². The molecule has 0 fully saturated rings. The number of rotatable bonds is 2. The molecule has 9 heteroatoms. The molecule has 1 aromatic carbocycles. The number of phenols is 1. The number of halogens is 3. The Morgan fingerprint density at radius 3 is 2.76 bits per heavy atom. The Kier molecular flexibility index (Phi) is 3.96. The van der Waals surface area contributed by atoms with E-state index in [0.717, 1.165) is 17.8 Å². The van der Waals surface area contributed by atoms with E-state index < -0.39 is 5.69 Å². The van der Waals surface area contributed by atoms with E-state index in [1.54, 1.807) is 0 Å². The van der Waals surface area contributed by atoms with Crippen LogP contribution in [0.1, 0.15) is 0 Å². The van der Waals surface area contributed by atoms with Crippen molar-refractivity contribution in [1.29, 1.82) is 0 Å². The molecule has 0 aliphatic rings. The van der Waals surface area contributed by atoms with E-state index >= 15 is 0 Å². The lowest BCUT2D eigenvalue weighted by Gasteiger charge is -2.02. The Morgan fingerprint density at radius 1 is 1.33 bits per heavy atom. The number of hydrogen-bond donors (Lipinski definition) is 2. The summed E-state index contributed by atoms with van der Waals surface area (Å²) >= 11 is 14.1. The minimum atomic E-state index is -0.455. The summed E-state index contributed by atoms with van der Waals surface area (Å²) in [5.41, 5.74) is -0.229. The van der Waals surface area contributed by atoms with E-state index in [9.17, 15) is 9.90 Å². The fourth-order valence-corrected chi connectivity index (χ4v) is 3.87. The molecule has 0 spiro atoms. The Morgan fingerprint density at radius 2 is 2.10 bits per heavy atom. The lowest BCUT2D eigenvalue weighted by molar-refractivity contribution is 0.470. The van der Waals surface area contributed by atoms with Crippen LogP contribution in [0.5, 0.6) is 5.75 Å². The number of benzene rings is 1. The summed E-state index contributed by atoms with van der Waals surface area (Å²) in [4.78, 5) is 15.5. The fourth-order valence-electron chi connectivity index (χ4n) is 1.73. The second-order valence-electron chi connectivity index (χ2n) is 4.06. The van der Waals surface area contributed by atoms with Gasteiger partial charge in [0.15, 0.2) is 5.82 Å². The maximum atomic E-state index is 12.0. The van der Waals surface area contributed by atoms with Gasteiger partial charge < -0.3 is 5.11 Å². The number of nitrogens with one attached hydrogen (secondary N) is 1. The predicted molar refractivity (Wildman–Crippen MR) is 89.6 cm³/mol. The molecule has 2 aromatic heterocycles. The summed E-state index contributed by atoms with van der Waals surface area (Å²) in [5, 5.41) is 14.5. The van der Waals surface area contributed by atoms with Crippen LogP contribution in [0, 0.1) is 0 Å². The molecule has 0 saturated heterocycles. The third-order valence-electron chi connectivity index (χ3n) is 2.66. The van der Waals surface area contributed by atoms with Gasteiger partial charge in [-0.2, -0.15) is 4.68 Å². The van der Waals surface area contributed by atoms with Crippen LogP contribution in [-0.4, -0.2) is 19.9 Å². The molecule has 0 bridgehead atoms. The SMILES string of the molecule is O=c1[nH]c(-c2cc(Br)c(Br)s2)nn1-c1cc(Cl)ccc1O. The van der Waals surface area contributed by atoms with Gasteiger partial charge in [-0.15, -0.1) is 16.4 Å². The molecular formula is C12H6Br2ClN3O2S. The standard InChI is InChI=1S/C12H6Br2ClN3O2S/c13-6-4-9(21-10(6)14)11-16-12(20)18(17-11)7-3-5(15)1-2-8(7)19/h1-4,19H,(H,16,17,20). The largest absolute Gasteiger partial charge is 0.506 e. The average Bonchev–Trinajstić information content (AvgIpc) is 2.97. The van der Waals surface area contributed by atoms with Gasteiger partial charge >= 0.3 is 5.69 Å². The number of aromatic nitrogens is 3. The molecule has 0 atom stereocenters. The summed E-state index contributed by atoms with van der Waals surface area (Å²) in [6.07, 6.45) is 0. The van der Waals surface area contributed by atoms with Crippen molar-refractivity contribution in [2.45, 2.75) is 0 Å². The molecule has 0 amide bonds. The van der Waals surface area contributed by atoms with Gasteiger partial charge in [0.05, 0.1) is 8.66 Å². The Balaban J connectivity index is 2.14. The normalized spacial score (nSPS) is 11.0. The van der Waals surface area contributed by atoms with E-state index in [0.29, 0.717) is 10.8 Å². The smallest absolute Gasteiger partial charge is 0.348 e. The van der Waals surface area contributed by atoms with Crippen molar-refractivity contribution in [3.63, 3.8) is 0 Å². The maximum Gasteiger partial charge on any atom is 0.348 e. The van der Waals surface area contributed by atoms with Crippen molar-refractivity contribution in [3.05, 3.63) is 48.0 Å². The molecule has 0 aliphatic carbocycles. The first-order valence-electron chi connectivity index (χ1n) is 5.59. The Labute approximate surface area is 144 Å². The summed E-state index contributed by atoms with van der Waals surface area (Å²) < 4.78 is 2.86. The van der Waals surface area contributed by atoms with Crippen LogP contribution in [0.2, 0.25) is 5.02 Å². The van der Waals surface area contributed by atoms with Crippen LogP contribution in [0.3, 0.4) is 0 Å². The summed E-state index contributed by atoms with van der Waals surface area (Å²) in [6, 6.07) is 6.27. The van der Waals surface area contributed by atoms with Gasteiger partial charge in [0.25, 0.3) is 0 Å². The first-order valence-corrected chi connectivity index (χ1v) is 8.37. The second kappa shape index (κ2) is 5.60. The first kappa shape index (κ1) is 14.8. The highest BCUT2D eigenvalue weighted by Gasteiger charge is 2.15. The molecule has 21 heavy (non-hydrogen) atoms. The van der Waals surface area contributed by atoms with Crippen LogP contribution in [0.4, 0.5) is 0 Å². The molecule has 0 aliphatic heterocycles. The second-order valence-corrected chi connectivity index (χ2v) is 7.72. The maximum absolute atomic E-state index is 12.0. The molecule has 0 saturated carbocycles. The number of nitrogens with zero attached hydrogens (tertiary/aromatic N) is 2. The number of hydrogen-bond acceptors (Lipinski definition) is 4. The minimum absolute atomic E-state index is 0.0758. The molecule has 0 unspecified atom stereocenters. The van der Waals surface area contributed by atoms with Gasteiger partial charge in [0.1, 0.15) is 11.4 Å². The molecule has 0 radical (unpaired) electrons. The van der Waals surface area contributed by atoms with E-state index in [2.05, 4.69) is 41.9 Å². The molecule has 5 nitrogen and oxygen atoms in total. The molecule has 108 valence electrons. The fraction of sp³-hybridized carbons (Fsp3) is 0. The highest BCUT2D eigenvalue weighted by molar-refractivity contribution is 9.13. The predicted octanol–water partition coefficient (Wildman–Crippen LogP) is 4.17. The quantitative estimate of drug-likeness (QED) is 0.614. The lowest BCUT2D eigenvalue weighted by Crippen LogP contribution is -2.16. The van der Waals surface area contributed by atoms with Gasteiger partial charge in [-0.3, -0.25) is 4.98 Å². The number of thiophene rings is 1. The average molecular weight is 452 g/mol. The van der Waals surface area contributed by atoms with Gasteiger partial charge in [0.2, 0.25) is 0 Å². The highest BCUT2D eigenvalue weighted by atomic mass is 79.9. The number of aromatic amines is 1. The zero-order valence-electron chi connectivity index (χ0n) is 10.1. The minimum Gasteiger partial charge on any atom is -0.506 e. The molecular weight excluding hydrogens is 445 g/mol. The van der Waals surface area contributed by atoms with E-state index in [4.69, 9.17) is 11.6 Å². The summed E-state index contributed by atoms with van der Waals surface area (Å²) in [5.74, 6) is 0.337. The topological polar surface area (TPSA) is 70.9 Å². The van der Waals surface area contributed by atoms with Crippen LogP contribution >= 0.6 is 54.8 Å². The lowest BCUT2D eigenvalue weighted by atomic mass is 10.3. The van der Waals surface area contributed by atoms with Crippen LogP contribution in [0.25, 0.3) is 16.4 Å². The van der Waals surface area contributed by atoms with Crippen molar-refractivity contribution in [1.82, 2.24) is 14.8 Å². The number of H-pyrrole nitrogens is 1. The van der Waals surface area contributed by atoms with Gasteiger partial charge in [-0.25, -0.2) is 4.79 Å². The van der Waals surface area contributed by atoms with Gasteiger partial charge in [0, 0.05) is 9.50 Å². The van der Waals surface area contributed by atoms with E-state index in [1.807, 2.05) is 6.07 Å². The van der Waals surface area contributed by atoms with Crippen LogP contribution in [0.15, 0.2) is 37.3 Å². The Hall–Kier alpha value is -1.09. The third-order valence-corrected chi connectivity index (χ3v) is 6.16. The zero-order valence-corrected chi connectivity index (χ0v) is 14.8. The summed E-state index contributed by atoms with van der Waals surface area (Å²) in [7, 11) is 0. The molecule has 3 aromatic rings. The van der Waals surface area contributed by atoms with Gasteiger partial charge in [-0.05, 0) is 56.1 Å². The zero-order chi connectivity index (χ0) is 15.1. The van der Waals surface area contributed by atoms with Crippen molar-refractivity contribution < 1.29 is 5.11 Å². The molecule has 2 N–H and O–H groups in total. The number of phenolic OH excluding ortho intramolecular Hbond substituents is 1. The monoisotopic (exact) mass is 449 g/mol. The van der Waals surface area contributed by atoms with Gasteiger partial charge in [-0.1, -0.05) is 11.6 Å². The summed E-state index contributed by atoms with van der Waals surface area (Å²) in [6.45, 7) is 0. The van der Waals surface area contributed by atoms with E-state index in [1.165, 1.54) is 29.5 Å². The highest BCUT2D eigenvalue weighted by Crippen LogP contribution is 2.36. The van der Waals surface area contributed by atoms with Crippen molar-refractivity contribution >= 4 is 54.8 Å². The third kappa shape index (κ3) is 2.80. The molecule has 3 rings (SSSR count). The number of aromatic hydroxyl groups is 1. The molecule has 2 heterocycles. The van der Waals surface area contributed by atoms with Crippen LogP contribution < -0.4 is 5.69 Å². The van der Waals surface area contributed by atoms with Crippen molar-refractivity contribution in [3.8, 4) is 22.1 Å². The van der Waals surface area contributed by atoms with Crippen LogP contribution in [-0.2, 0) is 0 Å².